The SMILES string of the molecule is COc1ccccc1OCCOc1ccc([C@H]2CC(=O)Nc3ncnn32)cc1. The monoisotopic (exact) mass is 380 g/mol. The highest BCUT2D eigenvalue weighted by molar-refractivity contribution is 5.91. The van der Waals surface area contributed by atoms with E-state index in [1.54, 1.807) is 11.8 Å². The van der Waals surface area contributed by atoms with Gasteiger partial charge in [-0.2, -0.15) is 10.1 Å². The molecule has 8 heteroatoms. The molecule has 1 N–H and O–H groups in total. The van der Waals surface area contributed by atoms with E-state index in [0.29, 0.717) is 37.1 Å². The van der Waals surface area contributed by atoms with Gasteiger partial charge in [0.05, 0.1) is 19.6 Å². The van der Waals surface area contributed by atoms with Crippen LogP contribution in [0.1, 0.15) is 18.0 Å². The number of aromatic nitrogens is 3. The fraction of sp³-hybridized carbons (Fsp3) is 0.250. The molecular formula is C20H20N4O4. The lowest BCUT2D eigenvalue weighted by Gasteiger charge is -2.23. The maximum absolute atomic E-state index is 11.9. The van der Waals surface area contributed by atoms with E-state index in [0.717, 1.165) is 11.3 Å². The van der Waals surface area contributed by atoms with E-state index in [9.17, 15) is 4.79 Å². The largest absolute Gasteiger partial charge is 0.493 e. The van der Waals surface area contributed by atoms with Crippen molar-refractivity contribution in [1.29, 1.82) is 0 Å². The second kappa shape index (κ2) is 7.99. The number of rotatable bonds is 7. The molecule has 144 valence electrons. The van der Waals surface area contributed by atoms with Gasteiger partial charge in [-0.05, 0) is 29.8 Å². The first kappa shape index (κ1) is 17.8. The first-order valence-electron chi connectivity index (χ1n) is 8.92. The molecule has 0 saturated carbocycles. The zero-order chi connectivity index (χ0) is 19.3. The summed E-state index contributed by atoms with van der Waals surface area (Å²) < 4.78 is 18.4. The number of ether oxygens (including phenoxy) is 3. The van der Waals surface area contributed by atoms with Gasteiger partial charge in [0.2, 0.25) is 11.9 Å². The minimum Gasteiger partial charge on any atom is -0.493 e. The van der Waals surface area contributed by atoms with Crippen LogP contribution < -0.4 is 19.5 Å². The molecule has 0 radical (unpaired) electrons. The van der Waals surface area contributed by atoms with Crippen LogP contribution in [-0.4, -0.2) is 41.0 Å². The molecule has 0 unspecified atom stereocenters. The quantitative estimate of drug-likeness (QED) is 0.634. The van der Waals surface area contributed by atoms with E-state index in [1.165, 1.54) is 6.33 Å². The molecule has 1 aromatic heterocycles. The van der Waals surface area contributed by atoms with Crippen molar-refractivity contribution in [3.05, 3.63) is 60.4 Å². The van der Waals surface area contributed by atoms with E-state index in [2.05, 4.69) is 15.4 Å². The van der Waals surface area contributed by atoms with E-state index < -0.39 is 0 Å². The van der Waals surface area contributed by atoms with Gasteiger partial charge in [-0.3, -0.25) is 10.1 Å². The lowest BCUT2D eigenvalue weighted by Crippen LogP contribution is -2.29. The third-order valence-electron chi connectivity index (χ3n) is 4.44. The molecule has 8 nitrogen and oxygen atoms in total. The van der Waals surface area contributed by atoms with Crippen molar-refractivity contribution in [2.24, 2.45) is 0 Å². The smallest absolute Gasteiger partial charge is 0.229 e. The topological polar surface area (TPSA) is 87.5 Å². The van der Waals surface area contributed by atoms with Gasteiger partial charge in [-0.15, -0.1) is 0 Å². The number of nitrogens with one attached hydrogen (secondary N) is 1. The molecule has 2 heterocycles. The van der Waals surface area contributed by atoms with Crippen molar-refractivity contribution >= 4 is 11.9 Å². The summed E-state index contributed by atoms with van der Waals surface area (Å²) in [5.41, 5.74) is 0.972. The summed E-state index contributed by atoms with van der Waals surface area (Å²) in [4.78, 5) is 15.9. The summed E-state index contributed by atoms with van der Waals surface area (Å²) in [6, 6.07) is 14.9. The van der Waals surface area contributed by atoms with Crippen LogP contribution in [0.5, 0.6) is 17.2 Å². The Balaban J connectivity index is 1.34. The maximum atomic E-state index is 11.9. The average Bonchev–Trinajstić information content (AvgIpc) is 3.20. The summed E-state index contributed by atoms with van der Waals surface area (Å²) in [6.07, 6.45) is 1.76. The minimum atomic E-state index is -0.172. The fourth-order valence-electron chi connectivity index (χ4n) is 3.10. The lowest BCUT2D eigenvalue weighted by molar-refractivity contribution is -0.117. The number of carbonyl (C=O) groups is 1. The molecule has 0 saturated heterocycles. The Hall–Kier alpha value is -3.55. The maximum Gasteiger partial charge on any atom is 0.229 e. The van der Waals surface area contributed by atoms with Crippen LogP contribution in [-0.2, 0) is 4.79 Å². The number of methoxy groups -OCH3 is 1. The van der Waals surface area contributed by atoms with Crippen molar-refractivity contribution in [2.75, 3.05) is 25.6 Å². The van der Waals surface area contributed by atoms with Gasteiger partial charge in [0.15, 0.2) is 11.5 Å². The van der Waals surface area contributed by atoms with Gasteiger partial charge in [0.1, 0.15) is 25.3 Å². The van der Waals surface area contributed by atoms with E-state index in [-0.39, 0.29) is 11.9 Å². The average molecular weight is 380 g/mol. The Morgan fingerprint density at radius 2 is 1.82 bits per heavy atom. The summed E-state index contributed by atoms with van der Waals surface area (Å²) >= 11 is 0. The number of para-hydroxylation sites is 2. The van der Waals surface area contributed by atoms with Crippen molar-refractivity contribution in [3.8, 4) is 17.2 Å². The number of hydrogen-bond donors (Lipinski definition) is 1. The van der Waals surface area contributed by atoms with Crippen molar-refractivity contribution in [1.82, 2.24) is 14.8 Å². The number of carbonyl (C=O) groups excluding carboxylic acids is 1. The third kappa shape index (κ3) is 3.75. The second-order valence-electron chi connectivity index (χ2n) is 6.21. The van der Waals surface area contributed by atoms with E-state index >= 15 is 0 Å². The molecule has 1 aliphatic heterocycles. The first-order chi connectivity index (χ1) is 13.7. The van der Waals surface area contributed by atoms with Crippen LogP contribution in [0.25, 0.3) is 0 Å². The Bertz CT molecular complexity index is 955. The number of amides is 1. The molecule has 1 amide bonds. The lowest BCUT2D eigenvalue weighted by atomic mass is 10.0. The highest BCUT2D eigenvalue weighted by Gasteiger charge is 2.27. The van der Waals surface area contributed by atoms with Gasteiger partial charge >= 0.3 is 0 Å². The summed E-state index contributed by atoms with van der Waals surface area (Å²) in [6.45, 7) is 0.795. The Morgan fingerprint density at radius 3 is 2.61 bits per heavy atom. The predicted octanol–water partition coefficient (Wildman–Crippen LogP) is 2.68. The van der Waals surface area contributed by atoms with Crippen LogP contribution in [0, 0.1) is 0 Å². The molecule has 3 aromatic rings. The standard InChI is InChI=1S/C20H20N4O4/c1-26-17-4-2-3-5-18(17)28-11-10-27-15-8-6-14(7-9-15)16-12-19(25)23-20-21-13-22-24(16)20/h2-9,13,16H,10-12H2,1H3,(H,21,22,23,25)/t16-/m1/s1. The number of nitrogens with zero attached hydrogens (tertiary/aromatic N) is 3. The predicted molar refractivity (Wildman–Crippen MR) is 102 cm³/mol. The van der Waals surface area contributed by atoms with Crippen molar-refractivity contribution in [3.63, 3.8) is 0 Å². The number of fused-ring (bicyclic) bond motifs is 1. The van der Waals surface area contributed by atoms with Crippen LogP contribution in [0.4, 0.5) is 5.95 Å². The van der Waals surface area contributed by atoms with Gasteiger partial charge in [-0.25, -0.2) is 4.68 Å². The van der Waals surface area contributed by atoms with E-state index in [1.807, 2.05) is 48.5 Å². The number of hydrogen-bond acceptors (Lipinski definition) is 6. The normalized spacial score (nSPS) is 15.5. The molecule has 1 aliphatic rings. The highest BCUT2D eigenvalue weighted by Crippen LogP contribution is 2.29. The molecular weight excluding hydrogens is 360 g/mol. The Kier molecular flexibility index (Phi) is 5.09. The summed E-state index contributed by atoms with van der Waals surface area (Å²) in [5, 5.41) is 6.92. The first-order valence-corrected chi connectivity index (χ1v) is 8.92. The van der Waals surface area contributed by atoms with Gasteiger partial charge < -0.3 is 14.2 Å². The van der Waals surface area contributed by atoms with Crippen molar-refractivity contribution < 1.29 is 19.0 Å². The molecule has 28 heavy (non-hydrogen) atoms. The zero-order valence-electron chi connectivity index (χ0n) is 15.4. The second-order valence-corrected chi connectivity index (χ2v) is 6.21. The molecule has 0 spiro atoms. The van der Waals surface area contributed by atoms with Crippen LogP contribution in [0.15, 0.2) is 54.9 Å². The summed E-state index contributed by atoms with van der Waals surface area (Å²) in [7, 11) is 1.61. The molecule has 0 fully saturated rings. The van der Waals surface area contributed by atoms with Crippen molar-refractivity contribution in [2.45, 2.75) is 12.5 Å². The van der Waals surface area contributed by atoms with Gasteiger partial charge in [-0.1, -0.05) is 24.3 Å². The fourth-order valence-corrected chi connectivity index (χ4v) is 3.10. The highest BCUT2D eigenvalue weighted by atomic mass is 16.5. The Morgan fingerprint density at radius 1 is 1.07 bits per heavy atom. The number of anilines is 1. The summed E-state index contributed by atoms with van der Waals surface area (Å²) in [5.74, 6) is 2.50. The Labute approximate surface area is 162 Å². The minimum absolute atomic E-state index is 0.0701. The van der Waals surface area contributed by atoms with Gasteiger partial charge in [0, 0.05) is 0 Å². The third-order valence-corrected chi connectivity index (χ3v) is 4.44. The van der Waals surface area contributed by atoms with Crippen LogP contribution in [0.3, 0.4) is 0 Å². The molecule has 0 aliphatic carbocycles. The van der Waals surface area contributed by atoms with Crippen LogP contribution >= 0.6 is 0 Å². The molecule has 2 aromatic carbocycles. The van der Waals surface area contributed by atoms with E-state index in [4.69, 9.17) is 14.2 Å². The number of benzene rings is 2. The zero-order valence-corrected chi connectivity index (χ0v) is 15.4. The van der Waals surface area contributed by atoms with Gasteiger partial charge in [0.25, 0.3) is 0 Å². The molecule has 1 atom stereocenters. The molecule has 4 rings (SSSR count). The molecule has 0 bridgehead atoms. The van der Waals surface area contributed by atoms with Crippen LogP contribution in [0.2, 0.25) is 0 Å².